The first-order chi connectivity index (χ1) is 10.1. The summed E-state index contributed by atoms with van der Waals surface area (Å²) < 4.78 is 0. The van der Waals surface area contributed by atoms with Crippen molar-refractivity contribution < 1.29 is 15.0 Å². The lowest BCUT2D eigenvalue weighted by Crippen LogP contribution is -2.36. The quantitative estimate of drug-likeness (QED) is 0.551. The first-order valence-electron chi connectivity index (χ1n) is 6.74. The Balaban J connectivity index is 1.89. The van der Waals surface area contributed by atoms with Gasteiger partial charge in [0.2, 0.25) is 0 Å². The van der Waals surface area contributed by atoms with Gasteiger partial charge in [-0.2, -0.15) is 0 Å². The fourth-order valence-electron chi connectivity index (χ4n) is 2.62. The molecule has 1 heterocycles. The molecule has 5 nitrogen and oxygen atoms in total. The molecule has 0 spiro atoms. The van der Waals surface area contributed by atoms with Crippen LogP contribution in [0.5, 0.6) is 11.5 Å². The van der Waals surface area contributed by atoms with Crippen LogP contribution in [-0.4, -0.2) is 27.6 Å². The van der Waals surface area contributed by atoms with Crippen LogP contribution < -0.4 is 5.73 Å². The number of aromatic hydroxyl groups is 2. The van der Waals surface area contributed by atoms with Crippen molar-refractivity contribution in [3.8, 4) is 11.5 Å². The minimum Gasteiger partial charge on any atom is -0.504 e. The van der Waals surface area contributed by atoms with E-state index in [1.807, 2.05) is 18.2 Å². The van der Waals surface area contributed by atoms with Gasteiger partial charge in [0.05, 0.1) is 5.56 Å². The molecule has 0 radical (unpaired) electrons. The fraction of sp³-hybridized carbons (Fsp3) is 0.188. The predicted molar refractivity (Wildman–Crippen MR) is 79.1 cm³/mol. The van der Waals surface area contributed by atoms with Gasteiger partial charge in [-0.25, -0.2) is 0 Å². The highest BCUT2D eigenvalue weighted by atomic mass is 16.3. The number of carbonyl (C=O) groups excluding carboxylic acids is 1. The monoisotopic (exact) mass is 284 g/mol. The Hall–Kier alpha value is -2.69. The molecule has 0 unspecified atom stereocenters. The highest BCUT2D eigenvalue weighted by Crippen LogP contribution is 2.30. The Bertz CT molecular complexity index is 713. The lowest BCUT2D eigenvalue weighted by Gasteiger charge is -2.29. The smallest absolute Gasteiger partial charge is 0.258 e. The number of rotatable bonds is 1. The van der Waals surface area contributed by atoms with Crippen LogP contribution in [-0.2, 0) is 13.0 Å². The molecular formula is C16H16N2O3. The zero-order valence-corrected chi connectivity index (χ0v) is 11.4. The van der Waals surface area contributed by atoms with E-state index < -0.39 is 0 Å². The van der Waals surface area contributed by atoms with Crippen molar-refractivity contribution in [2.45, 2.75) is 13.0 Å². The molecule has 0 atom stereocenters. The van der Waals surface area contributed by atoms with Gasteiger partial charge in [-0.3, -0.25) is 4.79 Å². The molecule has 1 aliphatic heterocycles. The highest BCUT2D eigenvalue weighted by molar-refractivity contribution is 5.97. The van der Waals surface area contributed by atoms with Gasteiger partial charge in [-0.05, 0) is 41.8 Å². The van der Waals surface area contributed by atoms with Crippen molar-refractivity contribution in [2.75, 3.05) is 12.3 Å². The van der Waals surface area contributed by atoms with Crippen molar-refractivity contribution in [2.24, 2.45) is 0 Å². The van der Waals surface area contributed by atoms with E-state index in [1.165, 1.54) is 23.8 Å². The molecule has 0 bridgehead atoms. The second kappa shape index (κ2) is 5.01. The van der Waals surface area contributed by atoms with Crippen LogP contribution in [0.4, 0.5) is 5.69 Å². The molecule has 4 N–H and O–H groups in total. The number of nitrogens with two attached hydrogens (primary N) is 1. The molecule has 1 aliphatic rings. The summed E-state index contributed by atoms with van der Waals surface area (Å²) in [5.41, 5.74) is 8.78. The minimum absolute atomic E-state index is 0.113. The third-order valence-corrected chi connectivity index (χ3v) is 3.77. The SMILES string of the molecule is Nc1ccc2c(c1)CN(C(=O)c1cccc(O)c1O)CC2. The van der Waals surface area contributed by atoms with E-state index >= 15 is 0 Å². The van der Waals surface area contributed by atoms with Gasteiger partial charge in [0.15, 0.2) is 11.5 Å². The third kappa shape index (κ3) is 2.38. The van der Waals surface area contributed by atoms with Crippen molar-refractivity contribution >= 4 is 11.6 Å². The first kappa shape index (κ1) is 13.3. The standard InChI is InChI=1S/C16H16N2O3/c17-12-5-4-10-6-7-18(9-11(10)8-12)16(21)13-2-1-3-14(19)15(13)20/h1-5,8,19-20H,6-7,9,17H2. The van der Waals surface area contributed by atoms with Gasteiger partial charge in [-0.1, -0.05) is 12.1 Å². The van der Waals surface area contributed by atoms with Crippen LogP contribution in [0.15, 0.2) is 36.4 Å². The van der Waals surface area contributed by atoms with Crippen LogP contribution in [0.1, 0.15) is 21.5 Å². The van der Waals surface area contributed by atoms with E-state index in [2.05, 4.69) is 0 Å². The minimum atomic E-state index is -0.374. The maximum atomic E-state index is 12.5. The van der Waals surface area contributed by atoms with Gasteiger partial charge < -0.3 is 20.8 Å². The molecule has 0 aliphatic carbocycles. The summed E-state index contributed by atoms with van der Waals surface area (Å²) in [5.74, 6) is -0.958. The van der Waals surface area contributed by atoms with Crippen molar-refractivity contribution in [3.05, 3.63) is 53.1 Å². The molecule has 3 rings (SSSR count). The number of amides is 1. The normalized spacial score (nSPS) is 13.8. The largest absolute Gasteiger partial charge is 0.504 e. The molecule has 0 aromatic heterocycles. The fourth-order valence-corrected chi connectivity index (χ4v) is 2.62. The number of hydrogen-bond acceptors (Lipinski definition) is 4. The predicted octanol–water partition coefficient (Wildman–Crippen LogP) is 1.88. The second-order valence-electron chi connectivity index (χ2n) is 5.18. The number of carbonyl (C=O) groups is 1. The maximum absolute atomic E-state index is 12.5. The molecule has 108 valence electrons. The number of hydrogen-bond donors (Lipinski definition) is 3. The average molecular weight is 284 g/mol. The Morgan fingerprint density at radius 2 is 1.95 bits per heavy atom. The van der Waals surface area contributed by atoms with Gasteiger partial charge in [0.1, 0.15) is 0 Å². The van der Waals surface area contributed by atoms with Gasteiger partial charge in [0.25, 0.3) is 5.91 Å². The molecule has 1 amide bonds. The number of nitrogens with zero attached hydrogens (tertiary/aromatic N) is 1. The summed E-state index contributed by atoms with van der Waals surface area (Å²) >= 11 is 0. The lowest BCUT2D eigenvalue weighted by molar-refractivity contribution is 0.0731. The number of phenolic OH excluding ortho intramolecular Hbond substituents is 2. The number of anilines is 1. The van der Waals surface area contributed by atoms with E-state index in [1.54, 1.807) is 4.90 Å². The van der Waals surface area contributed by atoms with Crippen LogP contribution in [0, 0.1) is 0 Å². The summed E-state index contributed by atoms with van der Waals surface area (Å²) in [5, 5.41) is 19.3. The molecule has 0 saturated heterocycles. The Labute approximate surface area is 122 Å². The summed E-state index contributed by atoms with van der Waals surface area (Å²) in [6, 6.07) is 10.1. The highest BCUT2D eigenvalue weighted by Gasteiger charge is 2.24. The van der Waals surface area contributed by atoms with E-state index in [0.29, 0.717) is 18.8 Å². The van der Waals surface area contributed by atoms with Crippen molar-refractivity contribution in [3.63, 3.8) is 0 Å². The van der Waals surface area contributed by atoms with E-state index in [-0.39, 0.29) is 23.0 Å². The number of phenols is 2. The number of para-hydroxylation sites is 1. The Morgan fingerprint density at radius 3 is 2.76 bits per heavy atom. The van der Waals surface area contributed by atoms with E-state index in [4.69, 9.17) is 5.73 Å². The zero-order chi connectivity index (χ0) is 15.0. The first-order valence-corrected chi connectivity index (χ1v) is 6.74. The molecule has 0 fully saturated rings. The number of benzene rings is 2. The summed E-state index contributed by atoms with van der Waals surface area (Å²) in [7, 11) is 0. The Morgan fingerprint density at radius 1 is 1.14 bits per heavy atom. The van der Waals surface area contributed by atoms with E-state index in [0.717, 1.165) is 12.0 Å². The lowest BCUT2D eigenvalue weighted by atomic mass is 9.98. The number of nitrogen functional groups attached to an aromatic ring is 1. The van der Waals surface area contributed by atoms with E-state index in [9.17, 15) is 15.0 Å². The third-order valence-electron chi connectivity index (χ3n) is 3.77. The molecule has 21 heavy (non-hydrogen) atoms. The summed E-state index contributed by atoms with van der Waals surface area (Å²) in [6.45, 7) is 1.03. The van der Waals surface area contributed by atoms with Gasteiger partial charge in [0, 0.05) is 18.8 Å². The van der Waals surface area contributed by atoms with Crippen LogP contribution in [0.2, 0.25) is 0 Å². The van der Waals surface area contributed by atoms with Crippen molar-refractivity contribution in [1.29, 1.82) is 0 Å². The topological polar surface area (TPSA) is 86.8 Å². The molecule has 5 heteroatoms. The molecule has 2 aromatic rings. The molecule has 0 saturated carbocycles. The molecular weight excluding hydrogens is 268 g/mol. The summed E-state index contributed by atoms with van der Waals surface area (Å²) in [4.78, 5) is 14.1. The Kier molecular flexibility index (Phi) is 3.17. The van der Waals surface area contributed by atoms with Gasteiger partial charge >= 0.3 is 0 Å². The second-order valence-corrected chi connectivity index (χ2v) is 5.18. The number of fused-ring (bicyclic) bond motifs is 1. The zero-order valence-electron chi connectivity index (χ0n) is 11.4. The van der Waals surface area contributed by atoms with Crippen LogP contribution in [0.3, 0.4) is 0 Å². The molecule has 2 aromatic carbocycles. The average Bonchev–Trinajstić information content (AvgIpc) is 2.48. The maximum Gasteiger partial charge on any atom is 0.258 e. The van der Waals surface area contributed by atoms with Gasteiger partial charge in [-0.15, -0.1) is 0 Å². The summed E-state index contributed by atoms with van der Waals surface area (Å²) in [6.07, 6.45) is 0.751. The van der Waals surface area contributed by atoms with Crippen molar-refractivity contribution in [1.82, 2.24) is 4.90 Å². The van der Waals surface area contributed by atoms with Crippen LogP contribution >= 0.6 is 0 Å². The van der Waals surface area contributed by atoms with Crippen LogP contribution in [0.25, 0.3) is 0 Å².